The Balaban J connectivity index is 2.57. The highest BCUT2D eigenvalue weighted by atomic mass is 35.5. The van der Waals surface area contributed by atoms with Gasteiger partial charge in [0.1, 0.15) is 11.5 Å². The number of fused-ring (bicyclic) bond motifs is 2. The summed E-state index contributed by atoms with van der Waals surface area (Å²) in [4.78, 5) is 8.05. The van der Waals surface area contributed by atoms with Gasteiger partial charge >= 0.3 is 0 Å². The van der Waals surface area contributed by atoms with Crippen LogP contribution in [-0.2, 0) is 0 Å². The summed E-state index contributed by atoms with van der Waals surface area (Å²) in [6.45, 7) is 0. The average Bonchev–Trinajstić information content (AvgIpc) is 2.62. The molecule has 2 aromatic heterocycles. The van der Waals surface area contributed by atoms with E-state index in [0.717, 1.165) is 21.8 Å². The minimum absolute atomic E-state index is 0.464. The van der Waals surface area contributed by atoms with E-state index in [2.05, 4.69) is 20.2 Å². The van der Waals surface area contributed by atoms with Gasteiger partial charge in [-0.1, -0.05) is 11.6 Å². The number of benzene rings is 1. The predicted octanol–water partition coefficient (Wildman–Crippen LogP) is 2.16. The molecule has 1 N–H and O–H groups in total. The highest BCUT2D eigenvalue weighted by Gasteiger charge is 2.03. The van der Waals surface area contributed by atoms with Crippen LogP contribution in [0.3, 0.4) is 0 Å². The van der Waals surface area contributed by atoms with Crippen LogP contribution in [0.1, 0.15) is 0 Å². The number of hydrogen-bond donors (Lipinski definition) is 1. The first kappa shape index (κ1) is 7.70. The summed E-state index contributed by atoms with van der Waals surface area (Å²) in [5, 5.41) is 9.14. The van der Waals surface area contributed by atoms with Crippen LogP contribution in [-0.4, -0.2) is 20.2 Å². The summed E-state index contributed by atoms with van der Waals surface area (Å²) in [6, 6.07) is 3.84. The number of aromatic nitrogens is 4. The number of H-pyrrole nitrogens is 1. The largest absolute Gasteiger partial charge is 0.278 e. The van der Waals surface area contributed by atoms with E-state index < -0.39 is 0 Å². The molecule has 0 amide bonds. The maximum Gasteiger partial charge on any atom is 0.140 e. The molecule has 2 heterocycles. The Kier molecular flexibility index (Phi) is 1.46. The second-order valence-electron chi connectivity index (χ2n) is 2.99. The zero-order chi connectivity index (χ0) is 9.54. The second kappa shape index (κ2) is 2.65. The molecule has 0 bridgehead atoms. The van der Waals surface area contributed by atoms with Crippen LogP contribution in [0.15, 0.2) is 24.7 Å². The van der Waals surface area contributed by atoms with Gasteiger partial charge in [0.25, 0.3) is 0 Å². The lowest BCUT2D eigenvalue weighted by atomic mass is 10.2. The van der Waals surface area contributed by atoms with Crippen molar-refractivity contribution in [2.45, 2.75) is 0 Å². The van der Waals surface area contributed by atoms with Gasteiger partial charge < -0.3 is 0 Å². The van der Waals surface area contributed by atoms with Gasteiger partial charge in [-0.15, -0.1) is 0 Å². The summed E-state index contributed by atoms with van der Waals surface area (Å²) >= 11 is 5.94. The molecule has 1 aromatic carbocycles. The Morgan fingerprint density at radius 2 is 2.14 bits per heavy atom. The lowest BCUT2D eigenvalue weighted by molar-refractivity contribution is 1.12. The first-order chi connectivity index (χ1) is 6.84. The fraction of sp³-hybridized carbons (Fsp3) is 0. The molecule has 14 heavy (non-hydrogen) atoms. The SMILES string of the molecule is Clc1ncnc2cc3cn[nH]c3cc12. The summed E-state index contributed by atoms with van der Waals surface area (Å²) in [6.07, 6.45) is 3.21. The number of aromatic amines is 1. The number of nitrogens with zero attached hydrogens (tertiary/aromatic N) is 3. The van der Waals surface area contributed by atoms with Crippen molar-refractivity contribution in [2.24, 2.45) is 0 Å². The van der Waals surface area contributed by atoms with Gasteiger partial charge in [0.2, 0.25) is 0 Å². The lowest BCUT2D eigenvalue weighted by Crippen LogP contribution is -1.83. The highest BCUT2D eigenvalue weighted by molar-refractivity contribution is 6.34. The third-order valence-corrected chi connectivity index (χ3v) is 2.45. The maximum atomic E-state index is 5.94. The Morgan fingerprint density at radius 1 is 1.21 bits per heavy atom. The van der Waals surface area contributed by atoms with Crippen molar-refractivity contribution in [3.05, 3.63) is 29.8 Å². The highest BCUT2D eigenvalue weighted by Crippen LogP contribution is 2.23. The third kappa shape index (κ3) is 0.975. The van der Waals surface area contributed by atoms with Crippen LogP contribution in [0.2, 0.25) is 5.15 Å². The van der Waals surface area contributed by atoms with E-state index in [1.165, 1.54) is 6.33 Å². The van der Waals surface area contributed by atoms with E-state index in [1.807, 2.05) is 12.1 Å². The molecule has 5 heteroatoms. The van der Waals surface area contributed by atoms with E-state index in [0.29, 0.717) is 5.15 Å². The van der Waals surface area contributed by atoms with E-state index in [1.54, 1.807) is 6.20 Å². The molecule has 68 valence electrons. The topological polar surface area (TPSA) is 54.5 Å². The van der Waals surface area contributed by atoms with Gasteiger partial charge in [-0.3, -0.25) is 5.10 Å². The van der Waals surface area contributed by atoms with Crippen LogP contribution in [0.5, 0.6) is 0 Å². The molecule has 0 atom stereocenters. The van der Waals surface area contributed by atoms with E-state index >= 15 is 0 Å². The molecular weight excluding hydrogens is 200 g/mol. The molecule has 3 rings (SSSR count). The van der Waals surface area contributed by atoms with E-state index in [4.69, 9.17) is 11.6 Å². The molecule has 0 fully saturated rings. The van der Waals surface area contributed by atoms with Gasteiger partial charge in [-0.25, -0.2) is 9.97 Å². The molecule has 0 radical (unpaired) electrons. The molecule has 4 nitrogen and oxygen atoms in total. The molecule has 0 unspecified atom stereocenters. The summed E-state index contributed by atoms with van der Waals surface area (Å²) in [5.41, 5.74) is 1.77. The molecule has 0 aliphatic carbocycles. The second-order valence-corrected chi connectivity index (χ2v) is 3.35. The molecule has 0 aliphatic rings. The van der Waals surface area contributed by atoms with Crippen LogP contribution in [0.4, 0.5) is 0 Å². The Labute approximate surface area is 83.9 Å². The van der Waals surface area contributed by atoms with Crippen LogP contribution in [0.25, 0.3) is 21.8 Å². The van der Waals surface area contributed by atoms with Crippen molar-refractivity contribution in [1.82, 2.24) is 20.2 Å². The predicted molar refractivity (Wildman–Crippen MR) is 54.2 cm³/mol. The minimum Gasteiger partial charge on any atom is -0.278 e. The third-order valence-electron chi connectivity index (χ3n) is 2.15. The lowest BCUT2D eigenvalue weighted by Gasteiger charge is -1.97. The van der Waals surface area contributed by atoms with Crippen molar-refractivity contribution in [1.29, 1.82) is 0 Å². The summed E-state index contributed by atoms with van der Waals surface area (Å²) in [5.74, 6) is 0. The fourth-order valence-corrected chi connectivity index (χ4v) is 1.66. The monoisotopic (exact) mass is 204 g/mol. The maximum absolute atomic E-state index is 5.94. The van der Waals surface area contributed by atoms with Gasteiger partial charge in [0, 0.05) is 10.8 Å². The van der Waals surface area contributed by atoms with Crippen molar-refractivity contribution >= 4 is 33.4 Å². The molecule has 0 spiro atoms. The Hall–Kier alpha value is -1.68. The van der Waals surface area contributed by atoms with Crippen molar-refractivity contribution in [2.75, 3.05) is 0 Å². The smallest absolute Gasteiger partial charge is 0.140 e. The Morgan fingerprint density at radius 3 is 3.07 bits per heavy atom. The van der Waals surface area contributed by atoms with Gasteiger partial charge in [0.05, 0.1) is 17.2 Å². The van der Waals surface area contributed by atoms with Gasteiger partial charge in [-0.2, -0.15) is 5.10 Å². The van der Waals surface area contributed by atoms with E-state index in [-0.39, 0.29) is 0 Å². The quantitative estimate of drug-likeness (QED) is 0.571. The number of halogens is 1. The van der Waals surface area contributed by atoms with Crippen molar-refractivity contribution in [3.8, 4) is 0 Å². The van der Waals surface area contributed by atoms with Gasteiger partial charge in [-0.05, 0) is 12.1 Å². The number of rotatable bonds is 0. The van der Waals surface area contributed by atoms with Crippen molar-refractivity contribution < 1.29 is 0 Å². The first-order valence-corrected chi connectivity index (χ1v) is 4.46. The first-order valence-electron chi connectivity index (χ1n) is 4.08. The van der Waals surface area contributed by atoms with Gasteiger partial charge in [0.15, 0.2) is 0 Å². The van der Waals surface area contributed by atoms with E-state index in [9.17, 15) is 0 Å². The molecular formula is C9H5ClN4. The number of hydrogen-bond acceptors (Lipinski definition) is 3. The summed E-state index contributed by atoms with van der Waals surface area (Å²) in [7, 11) is 0. The summed E-state index contributed by atoms with van der Waals surface area (Å²) < 4.78 is 0. The molecule has 3 aromatic rings. The van der Waals surface area contributed by atoms with Crippen molar-refractivity contribution in [3.63, 3.8) is 0 Å². The average molecular weight is 205 g/mol. The molecule has 0 saturated carbocycles. The Bertz CT molecular complexity index is 616. The van der Waals surface area contributed by atoms with Crippen LogP contribution < -0.4 is 0 Å². The number of nitrogens with one attached hydrogen (secondary N) is 1. The zero-order valence-electron chi connectivity index (χ0n) is 7.03. The zero-order valence-corrected chi connectivity index (χ0v) is 7.78. The van der Waals surface area contributed by atoms with Crippen LogP contribution >= 0.6 is 11.6 Å². The fourth-order valence-electron chi connectivity index (χ4n) is 1.46. The standard InChI is InChI=1S/C9H5ClN4/c10-9-6-2-7-5(3-13-14-7)1-8(6)11-4-12-9/h1-4H,(H,13,14). The van der Waals surface area contributed by atoms with Crippen LogP contribution in [0, 0.1) is 0 Å². The molecule has 0 saturated heterocycles. The normalized spacial score (nSPS) is 11.2. The minimum atomic E-state index is 0.464. The molecule has 0 aliphatic heterocycles.